The van der Waals surface area contributed by atoms with Crippen LogP contribution in [0.25, 0.3) is 0 Å². The van der Waals surface area contributed by atoms with Gasteiger partial charge in [0, 0.05) is 13.6 Å². The minimum Gasteiger partial charge on any atom is -0.370 e. The van der Waals surface area contributed by atoms with Gasteiger partial charge in [-0.25, -0.2) is 0 Å². The Morgan fingerprint density at radius 1 is 1.50 bits per heavy atom. The van der Waals surface area contributed by atoms with Gasteiger partial charge in [-0.2, -0.15) is 0 Å². The molecule has 1 amide bonds. The smallest absolute Gasteiger partial charge is 0.236 e. The van der Waals surface area contributed by atoms with Crippen LogP contribution in [-0.4, -0.2) is 31.5 Å². The summed E-state index contributed by atoms with van der Waals surface area (Å²) in [5.41, 5.74) is 15.7. The van der Waals surface area contributed by atoms with E-state index in [-0.39, 0.29) is 24.3 Å². The first-order valence-electron chi connectivity index (χ1n) is 4.10. The van der Waals surface area contributed by atoms with Crippen LogP contribution in [0.2, 0.25) is 0 Å². The quantitative estimate of drug-likeness (QED) is 0.259. The van der Waals surface area contributed by atoms with Crippen molar-refractivity contribution >= 4 is 24.3 Å². The van der Waals surface area contributed by atoms with Crippen molar-refractivity contribution in [2.75, 3.05) is 13.6 Å². The second-order valence-electron chi connectivity index (χ2n) is 2.67. The molecule has 0 fully saturated rings. The molecule has 0 bridgehead atoms. The van der Waals surface area contributed by atoms with Gasteiger partial charge in [0.25, 0.3) is 0 Å². The Bertz CT molecular complexity index is 193. The predicted molar refractivity (Wildman–Crippen MR) is 59.2 cm³/mol. The monoisotopic (exact) mass is 223 g/mol. The zero-order chi connectivity index (χ0) is 10.3. The molecule has 7 heteroatoms. The zero-order valence-electron chi connectivity index (χ0n) is 8.19. The first kappa shape index (κ1) is 15.5. The number of guanidine groups is 1. The lowest BCUT2D eigenvalue weighted by Gasteiger charge is -2.07. The lowest BCUT2D eigenvalue weighted by atomic mass is 10.1. The normalized spacial score (nSPS) is 11.0. The largest absolute Gasteiger partial charge is 0.370 e. The summed E-state index contributed by atoms with van der Waals surface area (Å²) in [7, 11) is 1.55. The summed E-state index contributed by atoms with van der Waals surface area (Å²) in [4.78, 5) is 14.7. The number of carbonyl (C=O) groups excluding carboxylic acids is 1. The van der Waals surface area contributed by atoms with Crippen molar-refractivity contribution in [1.82, 2.24) is 5.32 Å². The number of halogens is 1. The van der Waals surface area contributed by atoms with Crippen LogP contribution in [0.4, 0.5) is 0 Å². The number of hydrogen-bond donors (Lipinski definition) is 4. The van der Waals surface area contributed by atoms with Crippen LogP contribution in [0, 0.1) is 0 Å². The third-order valence-corrected chi connectivity index (χ3v) is 1.55. The number of nitrogens with zero attached hydrogens (tertiary/aromatic N) is 1. The molecule has 14 heavy (non-hydrogen) atoms. The van der Waals surface area contributed by atoms with Crippen molar-refractivity contribution in [3.05, 3.63) is 0 Å². The zero-order valence-corrected chi connectivity index (χ0v) is 9.01. The van der Waals surface area contributed by atoms with Crippen LogP contribution < -0.4 is 22.5 Å². The average molecular weight is 224 g/mol. The van der Waals surface area contributed by atoms with E-state index in [0.29, 0.717) is 19.4 Å². The molecule has 0 unspecified atom stereocenters. The van der Waals surface area contributed by atoms with E-state index < -0.39 is 6.04 Å². The molecule has 0 saturated heterocycles. The number of nitrogens with one attached hydrogen (secondary N) is 1. The predicted octanol–water partition coefficient (Wildman–Crippen LogP) is -1.46. The van der Waals surface area contributed by atoms with Crippen molar-refractivity contribution in [2.24, 2.45) is 22.2 Å². The van der Waals surface area contributed by atoms with E-state index in [4.69, 9.17) is 17.2 Å². The highest BCUT2D eigenvalue weighted by Gasteiger charge is 2.09. The molecule has 6 nitrogen and oxygen atoms in total. The summed E-state index contributed by atoms with van der Waals surface area (Å²) in [5.74, 6) is -0.0989. The van der Waals surface area contributed by atoms with Gasteiger partial charge in [-0.05, 0) is 12.8 Å². The van der Waals surface area contributed by atoms with Gasteiger partial charge in [-0.3, -0.25) is 9.79 Å². The van der Waals surface area contributed by atoms with Crippen LogP contribution >= 0.6 is 12.4 Å². The van der Waals surface area contributed by atoms with Gasteiger partial charge in [0.1, 0.15) is 0 Å². The lowest BCUT2D eigenvalue weighted by molar-refractivity contribution is -0.122. The van der Waals surface area contributed by atoms with Gasteiger partial charge >= 0.3 is 0 Å². The molecule has 0 aliphatic heterocycles. The number of carbonyl (C=O) groups is 1. The minimum absolute atomic E-state index is 0. The van der Waals surface area contributed by atoms with Gasteiger partial charge in [0.2, 0.25) is 5.91 Å². The SMILES string of the molecule is CNC(=O)[C@@H](N)CCCN=C(N)N.Cl. The molecule has 1 atom stereocenters. The van der Waals surface area contributed by atoms with Crippen LogP contribution in [0.15, 0.2) is 4.99 Å². The molecule has 0 rings (SSSR count). The summed E-state index contributed by atoms with van der Waals surface area (Å²) in [6, 6.07) is -0.473. The van der Waals surface area contributed by atoms with Crippen molar-refractivity contribution in [1.29, 1.82) is 0 Å². The first-order valence-corrected chi connectivity index (χ1v) is 4.10. The number of hydrogen-bond acceptors (Lipinski definition) is 3. The fourth-order valence-electron chi connectivity index (χ4n) is 0.836. The Kier molecular flexibility index (Phi) is 9.48. The minimum atomic E-state index is -0.473. The lowest BCUT2D eigenvalue weighted by Crippen LogP contribution is -2.38. The molecule has 0 radical (unpaired) electrons. The summed E-state index contributed by atoms with van der Waals surface area (Å²) in [6.45, 7) is 0.507. The molecular formula is C7H18ClN5O. The van der Waals surface area contributed by atoms with Gasteiger partial charge in [-0.15, -0.1) is 12.4 Å². The Morgan fingerprint density at radius 2 is 2.07 bits per heavy atom. The van der Waals surface area contributed by atoms with Gasteiger partial charge in [-0.1, -0.05) is 0 Å². The summed E-state index contributed by atoms with van der Waals surface area (Å²) in [6.07, 6.45) is 1.28. The standard InChI is InChI=1S/C7H17N5O.ClH/c1-11-6(13)5(8)3-2-4-12-7(9)10;/h5H,2-4,8H2,1H3,(H,11,13)(H4,9,10,12);1H/t5-;/m0./s1. The van der Waals surface area contributed by atoms with E-state index in [1.807, 2.05) is 0 Å². The van der Waals surface area contributed by atoms with Crippen LogP contribution in [-0.2, 0) is 4.79 Å². The summed E-state index contributed by atoms with van der Waals surface area (Å²) < 4.78 is 0. The van der Waals surface area contributed by atoms with Crippen molar-refractivity contribution < 1.29 is 4.79 Å². The van der Waals surface area contributed by atoms with E-state index in [1.54, 1.807) is 7.05 Å². The highest BCUT2D eigenvalue weighted by molar-refractivity contribution is 5.85. The number of nitrogens with two attached hydrogens (primary N) is 3. The number of likely N-dealkylation sites (N-methyl/N-ethyl adjacent to an activating group) is 1. The molecular weight excluding hydrogens is 206 g/mol. The summed E-state index contributed by atoms with van der Waals surface area (Å²) in [5, 5.41) is 2.47. The molecule has 0 aliphatic rings. The maximum Gasteiger partial charge on any atom is 0.236 e. The molecule has 0 heterocycles. The van der Waals surface area contributed by atoms with E-state index >= 15 is 0 Å². The number of aliphatic imine (C=N–C) groups is 1. The number of amides is 1. The topological polar surface area (TPSA) is 120 Å². The fraction of sp³-hybridized carbons (Fsp3) is 0.714. The highest BCUT2D eigenvalue weighted by atomic mass is 35.5. The van der Waals surface area contributed by atoms with Crippen molar-refractivity contribution in [3.8, 4) is 0 Å². The van der Waals surface area contributed by atoms with Crippen molar-refractivity contribution in [2.45, 2.75) is 18.9 Å². The van der Waals surface area contributed by atoms with Gasteiger partial charge < -0.3 is 22.5 Å². The first-order chi connectivity index (χ1) is 6.07. The molecule has 0 aromatic heterocycles. The Hall–Kier alpha value is -1.01. The average Bonchev–Trinajstić information content (AvgIpc) is 2.10. The maximum absolute atomic E-state index is 10.9. The van der Waals surface area contributed by atoms with Gasteiger partial charge in [0.15, 0.2) is 5.96 Å². The van der Waals surface area contributed by atoms with E-state index in [2.05, 4.69) is 10.3 Å². The second kappa shape index (κ2) is 8.58. The third-order valence-electron chi connectivity index (χ3n) is 1.55. The molecule has 84 valence electrons. The van der Waals surface area contributed by atoms with E-state index in [9.17, 15) is 4.79 Å². The fourth-order valence-corrected chi connectivity index (χ4v) is 0.836. The highest BCUT2D eigenvalue weighted by Crippen LogP contribution is 1.94. The summed E-state index contributed by atoms with van der Waals surface area (Å²) >= 11 is 0. The number of rotatable bonds is 5. The Balaban J connectivity index is 0. The van der Waals surface area contributed by atoms with Crippen molar-refractivity contribution in [3.63, 3.8) is 0 Å². The molecule has 7 N–H and O–H groups in total. The molecule has 0 aliphatic carbocycles. The van der Waals surface area contributed by atoms with Crippen LogP contribution in [0.5, 0.6) is 0 Å². The second-order valence-corrected chi connectivity index (χ2v) is 2.67. The molecule has 0 spiro atoms. The maximum atomic E-state index is 10.9. The van der Waals surface area contributed by atoms with E-state index in [0.717, 1.165) is 0 Å². The molecule has 0 aromatic carbocycles. The molecule has 0 aromatic rings. The van der Waals surface area contributed by atoms with Crippen LogP contribution in [0.1, 0.15) is 12.8 Å². The molecule has 0 saturated carbocycles. The Morgan fingerprint density at radius 3 is 2.50 bits per heavy atom. The van der Waals surface area contributed by atoms with Gasteiger partial charge in [0.05, 0.1) is 6.04 Å². The van der Waals surface area contributed by atoms with Crippen LogP contribution in [0.3, 0.4) is 0 Å². The van der Waals surface area contributed by atoms with E-state index in [1.165, 1.54) is 0 Å². The third kappa shape index (κ3) is 7.63. The Labute approximate surface area is 89.7 Å².